The maximum Gasteiger partial charge on any atom is 0.254 e. The summed E-state index contributed by atoms with van der Waals surface area (Å²) in [4.78, 5) is 25.6. The molecule has 1 fully saturated rings. The molecular weight excluding hydrogens is 310 g/mol. The van der Waals surface area contributed by atoms with Crippen molar-refractivity contribution in [3.63, 3.8) is 0 Å². The first-order valence-corrected chi connectivity index (χ1v) is 11.0. The van der Waals surface area contributed by atoms with Crippen LogP contribution in [-0.2, 0) is 18.8 Å². The van der Waals surface area contributed by atoms with Crippen LogP contribution in [0.2, 0.25) is 18.1 Å². The summed E-state index contributed by atoms with van der Waals surface area (Å²) in [6.07, 6.45) is 1.55. The van der Waals surface area contributed by atoms with Gasteiger partial charge in [0.05, 0.1) is 6.04 Å². The fourth-order valence-corrected chi connectivity index (χ4v) is 3.54. The molecule has 1 rings (SSSR count). The van der Waals surface area contributed by atoms with Crippen LogP contribution in [0.15, 0.2) is 11.6 Å². The molecule has 132 valence electrons. The molecule has 0 bridgehead atoms. The van der Waals surface area contributed by atoms with Gasteiger partial charge < -0.3 is 18.9 Å². The van der Waals surface area contributed by atoms with Gasteiger partial charge in [-0.1, -0.05) is 32.4 Å². The zero-order valence-electron chi connectivity index (χ0n) is 15.7. The van der Waals surface area contributed by atoms with Crippen LogP contribution in [0.5, 0.6) is 0 Å². The van der Waals surface area contributed by atoms with Gasteiger partial charge in [0.2, 0.25) is 0 Å². The summed E-state index contributed by atoms with van der Waals surface area (Å²) in [5, 5.41) is -0.00464. The smallest absolute Gasteiger partial charge is 0.254 e. The molecule has 1 saturated heterocycles. The van der Waals surface area contributed by atoms with E-state index < -0.39 is 20.5 Å². The lowest BCUT2D eigenvalue weighted by atomic mass is 9.93. The Kier molecular flexibility index (Phi) is 6.35. The molecule has 0 aromatic carbocycles. The molecule has 1 aliphatic heterocycles. The lowest BCUT2D eigenvalue weighted by Gasteiger charge is -2.50. The van der Waals surface area contributed by atoms with Crippen LogP contribution < -0.4 is 0 Å². The predicted octanol–water partition coefficient (Wildman–Crippen LogP) is 2.77. The van der Waals surface area contributed by atoms with E-state index in [1.165, 1.54) is 7.11 Å². The van der Waals surface area contributed by atoms with Crippen LogP contribution in [0.4, 0.5) is 0 Å². The second-order valence-electron chi connectivity index (χ2n) is 7.90. The molecule has 6 heteroatoms. The second-order valence-corrected chi connectivity index (χ2v) is 12.7. The zero-order chi connectivity index (χ0) is 18.0. The van der Waals surface area contributed by atoms with Gasteiger partial charge >= 0.3 is 0 Å². The van der Waals surface area contributed by atoms with Gasteiger partial charge in [-0.15, -0.1) is 0 Å². The van der Waals surface area contributed by atoms with Gasteiger partial charge in [-0.2, -0.15) is 0 Å². The molecule has 0 spiro atoms. The van der Waals surface area contributed by atoms with Crippen molar-refractivity contribution in [2.45, 2.75) is 71.0 Å². The molecule has 0 aromatic heterocycles. The number of carbonyl (C=O) groups excluding carboxylic acids is 2. The molecule has 23 heavy (non-hydrogen) atoms. The summed E-state index contributed by atoms with van der Waals surface area (Å²) in [5.74, 6) is -0.0827. The van der Waals surface area contributed by atoms with Crippen molar-refractivity contribution >= 4 is 20.5 Å². The Labute approximate surface area is 141 Å². The number of methoxy groups -OCH3 is 1. The van der Waals surface area contributed by atoms with E-state index in [9.17, 15) is 9.59 Å². The standard InChI is InChI=1S/C17H31NO4Si/c1-12(2)9-10-18-14(15(21-6)16(18)20)13(11-19)22-23(7,8)17(3,4)5/h9,11,13-15H,10H2,1-8H3/t13-,14+,15-/m1/s1. The van der Waals surface area contributed by atoms with E-state index in [2.05, 4.69) is 33.9 Å². The number of carbonyl (C=O) groups is 2. The minimum Gasteiger partial charge on any atom is -0.405 e. The molecule has 0 aromatic rings. The van der Waals surface area contributed by atoms with Crippen molar-refractivity contribution in [1.82, 2.24) is 4.90 Å². The van der Waals surface area contributed by atoms with Crippen LogP contribution in [0.25, 0.3) is 0 Å². The highest BCUT2D eigenvalue weighted by atomic mass is 28.4. The monoisotopic (exact) mass is 341 g/mol. The number of nitrogens with zero attached hydrogens (tertiary/aromatic N) is 1. The maximum absolute atomic E-state index is 12.2. The van der Waals surface area contributed by atoms with E-state index in [1.807, 2.05) is 19.9 Å². The van der Waals surface area contributed by atoms with Crippen LogP contribution in [-0.4, -0.2) is 57.3 Å². The van der Waals surface area contributed by atoms with Gasteiger partial charge in [-0.05, 0) is 32.0 Å². The third-order valence-electron chi connectivity index (χ3n) is 4.85. The average Bonchev–Trinajstić information content (AvgIpc) is 2.41. The first kappa shape index (κ1) is 20.1. The first-order valence-electron chi connectivity index (χ1n) is 8.06. The molecule has 0 unspecified atom stereocenters. The highest BCUT2D eigenvalue weighted by molar-refractivity contribution is 6.74. The Morgan fingerprint density at radius 2 is 1.91 bits per heavy atom. The minimum absolute atomic E-state index is 0.00464. The summed E-state index contributed by atoms with van der Waals surface area (Å²) < 4.78 is 11.5. The number of likely N-dealkylation sites (tertiary alicyclic amines) is 1. The third kappa shape index (κ3) is 4.31. The summed E-state index contributed by atoms with van der Waals surface area (Å²) in [5.41, 5.74) is 1.13. The lowest BCUT2D eigenvalue weighted by molar-refractivity contribution is -0.177. The number of allylic oxidation sites excluding steroid dienone is 1. The molecule has 1 heterocycles. The van der Waals surface area contributed by atoms with E-state index in [0.717, 1.165) is 11.9 Å². The number of amides is 1. The maximum atomic E-state index is 12.2. The molecule has 0 N–H and O–H groups in total. The van der Waals surface area contributed by atoms with Crippen molar-refractivity contribution < 1.29 is 18.8 Å². The van der Waals surface area contributed by atoms with Crippen molar-refractivity contribution in [2.75, 3.05) is 13.7 Å². The Bertz CT molecular complexity index is 477. The Morgan fingerprint density at radius 1 is 1.35 bits per heavy atom. The van der Waals surface area contributed by atoms with Gasteiger partial charge in [-0.3, -0.25) is 4.79 Å². The zero-order valence-corrected chi connectivity index (χ0v) is 16.7. The summed E-state index contributed by atoms with van der Waals surface area (Å²) in [7, 11) is -0.611. The van der Waals surface area contributed by atoms with Crippen LogP contribution in [0.1, 0.15) is 34.6 Å². The fourth-order valence-electron chi connectivity index (χ4n) is 2.32. The van der Waals surface area contributed by atoms with E-state index in [-0.39, 0.29) is 17.0 Å². The van der Waals surface area contributed by atoms with Crippen LogP contribution in [0.3, 0.4) is 0 Å². The predicted molar refractivity (Wildman–Crippen MR) is 93.9 cm³/mol. The van der Waals surface area contributed by atoms with Crippen LogP contribution >= 0.6 is 0 Å². The molecule has 1 amide bonds. The third-order valence-corrected chi connectivity index (χ3v) is 9.33. The SMILES string of the molecule is CO[C@H]1C(=O)N(CC=C(C)C)[C@H]1[C@@H](C=O)O[Si](C)(C)C(C)(C)C. The molecular formula is C17H31NO4Si. The van der Waals surface area contributed by atoms with E-state index in [1.54, 1.807) is 4.90 Å². The van der Waals surface area contributed by atoms with Crippen molar-refractivity contribution in [1.29, 1.82) is 0 Å². The molecule has 0 radical (unpaired) electrons. The number of hydrogen-bond acceptors (Lipinski definition) is 4. The van der Waals surface area contributed by atoms with Crippen molar-refractivity contribution in [3.8, 4) is 0 Å². The Balaban J connectivity index is 2.98. The Morgan fingerprint density at radius 3 is 2.30 bits per heavy atom. The molecule has 0 aliphatic carbocycles. The topological polar surface area (TPSA) is 55.8 Å². The van der Waals surface area contributed by atoms with Crippen molar-refractivity contribution in [3.05, 3.63) is 11.6 Å². The number of hydrogen-bond donors (Lipinski definition) is 0. The highest BCUT2D eigenvalue weighted by Crippen LogP contribution is 2.39. The van der Waals surface area contributed by atoms with Gasteiger partial charge in [-0.25, -0.2) is 0 Å². The van der Waals surface area contributed by atoms with Crippen molar-refractivity contribution in [2.24, 2.45) is 0 Å². The molecule has 0 saturated carbocycles. The Hall–Kier alpha value is -0.983. The average molecular weight is 342 g/mol. The van der Waals surface area contributed by atoms with E-state index >= 15 is 0 Å². The number of ether oxygens (including phenoxy) is 1. The van der Waals surface area contributed by atoms with Crippen LogP contribution in [0, 0.1) is 0 Å². The van der Waals surface area contributed by atoms with E-state index in [4.69, 9.17) is 9.16 Å². The van der Waals surface area contributed by atoms with Gasteiger partial charge in [0.25, 0.3) is 5.91 Å². The normalized spacial score (nSPS) is 23.3. The minimum atomic E-state index is -2.11. The quantitative estimate of drug-likeness (QED) is 0.309. The van der Waals surface area contributed by atoms with E-state index in [0.29, 0.717) is 6.54 Å². The molecule has 5 nitrogen and oxygen atoms in total. The van der Waals surface area contributed by atoms with Gasteiger partial charge in [0.1, 0.15) is 12.4 Å². The lowest BCUT2D eigenvalue weighted by Crippen LogP contribution is -2.71. The first-order chi connectivity index (χ1) is 10.5. The largest absolute Gasteiger partial charge is 0.405 e. The molecule has 3 atom stereocenters. The van der Waals surface area contributed by atoms with Gasteiger partial charge in [0.15, 0.2) is 14.4 Å². The number of aldehydes is 1. The molecule has 1 aliphatic rings. The summed E-state index contributed by atoms with van der Waals surface area (Å²) >= 11 is 0. The highest BCUT2D eigenvalue weighted by Gasteiger charge is 2.53. The van der Waals surface area contributed by atoms with Gasteiger partial charge in [0, 0.05) is 13.7 Å². The summed E-state index contributed by atoms with van der Waals surface area (Å²) in [6, 6.07) is -0.352. The number of β-lactam (4-membered cyclic amide) rings is 1. The fraction of sp³-hybridized carbons (Fsp3) is 0.765. The second kappa shape index (κ2) is 7.28. The number of rotatable bonds is 7. The summed E-state index contributed by atoms with van der Waals surface area (Å²) in [6.45, 7) is 15.0.